The van der Waals surface area contributed by atoms with Crippen molar-refractivity contribution in [2.75, 3.05) is 18.4 Å². The third-order valence-corrected chi connectivity index (χ3v) is 7.97. The quantitative estimate of drug-likeness (QED) is 0.597. The van der Waals surface area contributed by atoms with Crippen LogP contribution in [0.3, 0.4) is 0 Å². The van der Waals surface area contributed by atoms with Gasteiger partial charge in [-0.3, -0.25) is 9.59 Å². The number of nitrogens with one attached hydrogen (secondary N) is 2. The highest BCUT2D eigenvalue weighted by atomic mass is 32.2. The Morgan fingerprint density at radius 2 is 1.53 bits per heavy atom. The fourth-order valence-corrected chi connectivity index (χ4v) is 5.27. The first-order valence-electron chi connectivity index (χ1n) is 11.8. The molecule has 0 bridgehead atoms. The summed E-state index contributed by atoms with van der Waals surface area (Å²) < 4.78 is 26.7. The number of amides is 2. The Kier molecular flexibility index (Phi) is 7.48. The van der Waals surface area contributed by atoms with Crippen molar-refractivity contribution >= 4 is 33.6 Å². The van der Waals surface area contributed by atoms with Crippen LogP contribution in [-0.2, 0) is 19.6 Å². The molecule has 2 aliphatic rings. The molecule has 2 amide bonds. The van der Waals surface area contributed by atoms with Crippen molar-refractivity contribution < 1.29 is 18.0 Å². The molecule has 0 spiro atoms. The fraction of sp³-hybridized carbons (Fsp3) is 0.385. The van der Waals surface area contributed by atoms with Gasteiger partial charge in [0.1, 0.15) is 0 Å². The van der Waals surface area contributed by atoms with Crippen LogP contribution in [0.4, 0.5) is 5.69 Å². The molecule has 2 aromatic rings. The van der Waals surface area contributed by atoms with Crippen molar-refractivity contribution in [3.05, 3.63) is 71.1 Å². The first kappa shape index (κ1) is 24.2. The van der Waals surface area contributed by atoms with Crippen LogP contribution >= 0.6 is 0 Å². The molecule has 1 atom stereocenters. The summed E-state index contributed by atoms with van der Waals surface area (Å²) >= 11 is 0. The molecule has 0 radical (unpaired) electrons. The molecule has 7 nitrogen and oxygen atoms in total. The lowest BCUT2D eigenvalue weighted by atomic mass is 9.96. The molecule has 8 heteroatoms. The maximum absolute atomic E-state index is 12.8. The molecule has 1 aliphatic heterocycles. The van der Waals surface area contributed by atoms with Gasteiger partial charge in [0, 0.05) is 36.0 Å². The van der Waals surface area contributed by atoms with E-state index >= 15 is 0 Å². The second-order valence-corrected chi connectivity index (χ2v) is 10.9. The normalized spacial score (nSPS) is 18.5. The van der Waals surface area contributed by atoms with Crippen LogP contribution in [0, 0.1) is 11.8 Å². The Bertz CT molecular complexity index is 1130. The minimum atomic E-state index is -3.52. The molecule has 1 aliphatic carbocycles. The fourth-order valence-electron chi connectivity index (χ4n) is 4.05. The zero-order valence-electron chi connectivity index (χ0n) is 19.3. The highest BCUT2D eigenvalue weighted by Crippen LogP contribution is 2.30. The van der Waals surface area contributed by atoms with Gasteiger partial charge in [-0.05, 0) is 61.9 Å². The number of anilines is 1. The molecule has 2 N–H and O–H groups in total. The molecule has 180 valence electrons. The first-order valence-corrected chi connectivity index (χ1v) is 13.3. The van der Waals surface area contributed by atoms with Crippen molar-refractivity contribution in [3.63, 3.8) is 0 Å². The molecular formula is C26H31N3O4S. The van der Waals surface area contributed by atoms with Crippen LogP contribution in [0.5, 0.6) is 0 Å². The monoisotopic (exact) mass is 481 g/mol. The molecule has 1 saturated carbocycles. The summed E-state index contributed by atoms with van der Waals surface area (Å²) in [6.45, 7) is 2.57. The van der Waals surface area contributed by atoms with E-state index < -0.39 is 10.0 Å². The Morgan fingerprint density at radius 3 is 2.15 bits per heavy atom. The minimum Gasteiger partial charge on any atom is -0.349 e. The lowest BCUT2D eigenvalue weighted by Gasteiger charge is -2.30. The number of nitrogens with zero attached hydrogens (tertiary/aromatic N) is 1. The average Bonchev–Trinajstić information content (AvgIpc) is 3.70. The maximum atomic E-state index is 12.8. The van der Waals surface area contributed by atoms with Crippen LogP contribution < -0.4 is 10.6 Å². The predicted octanol–water partition coefficient (Wildman–Crippen LogP) is 3.93. The lowest BCUT2D eigenvalue weighted by molar-refractivity contribution is -0.126. The van der Waals surface area contributed by atoms with E-state index in [0.717, 1.165) is 29.7 Å². The van der Waals surface area contributed by atoms with Crippen molar-refractivity contribution in [1.29, 1.82) is 0 Å². The molecule has 2 aromatic carbocycles. The molecule has 34 heavy (non-hydrogen) atoms. The standard InChI is InChI=1S/C26H31N3O4S/c1-19(21-9-11-24(12-10-21)28-26(31)22-7-8-22)27-25(30)23-13-16-29(17-14-23)34(32,33)18-15-20-5-3-2-4-6-20/h2-6,9-12,15,18-19,22-23H,7-8,13-14,16-17H2,1H3,(H,27,30)(H,28,31)/b18-15+. The predicted molar refractivity (Wildman–Crippen MR) is 133 cm³/mol. The van der Waals surface area contributed by atoms with E-state index in [1.165, 1.54) is 9.71 Å². The molecule has 0 aromatic heterocycles. The zero-order valence-corrected chi connectivity index (χ0v) is 20.1. The number of piperidine rings is 1. The van der Waals surface area contributed by atoms with Crippen LogP contribution in [0.1, 0.15) is 49.8 Å². The number of carbonyl (C=O) groups excluding carboxylic acids is 2. The van der Waals surface area contributed by atoms with Gasteiger partial charge in [0.25, 0.3) is 0 Å². The van der Waals surface area contributed by atoms with E-state index in [1.807, 2.05) is 61.5 Å². The van der Waals surface area contributed by atoms with Gasteiger partial charge in [0.05, 0.1) is 6.04 Å². The maximum Gasteiger partial charge on any atom is 0.236 e. The van der Waals surface area contributed by atoms with Gasteiger partial charge in [-0.25, -0.2) is 8.42 Å². The molecule has 1 unspecified atom stereocenters. The van der Waals surface area contributed by atoms with Crippen LogP contribution in [-0.4, -0.2) is 37.6 Å². The number of rotatable bonds is 8. The van der Waals surface area contributed by atoms with Crippen LogP contribution in [0.15, 0.2) is 60.0 Å². The topological polar surface area (TPSA) is 95.6 Å². The van der Waals surface area contributed by atoms with Gasteiger partial charge in [0.15, 0.2) is 0 Å². The number of sulfonamides is 1. The lowest BCUT2D eigenvalue weighted by Crippen LogP contribution is -2.42. The van der Waals surface area contributed by atoms with Gasteiger partial charge in [-0.2, -0.15) is 4.31 Å². The van der Waals surface area contributed by atoms with E-state index in [4.69, 9.17) is 0 Å². The summed E-state index contributed by atoms with van der Waals surface area (Å²) in [6.07, 6.45) is 4.50. The third kappa shape index (κ3) is 6.33. The Balaban J connectivity index is 1.26. The van der Waals surface area contributed by atoms with Gasteiger partial charge >= 0.3 is 0 Å². The van der Waals surface area contributed by atoms with Crippen molar-refractivity contribution in [1.82, 2.24) is 9.62 Å². The zero-order chi connectivity index (χ0) is 24.1. The van der Waals surface area contributed by atoms with E-state index in [1.54, 1.807) is 6.08 Å². The van der Waals surface area contributed by atoms with Crippen LogP contribution in [0.25, 0.3) is 6.08 Å². The van der Waals surface area contributed by atoms with Crippen molar-refractivity contribution in [3.8, 4) is 0 Å². The average molecular weight is 482 g/mol. The summed E-state index contributed by atoms with van der Waals surface area (Å²) in [5, 5.41) is 7.20. The van der Waals surface area contributed by atoms with Gasteiger partial charge in [0.2, 0.25) is 21.8 Å². The number of hydrogen-bond acceptors (Lipinski definition) is 4. The first-order chi connectivity index (χ1) is 16.3. The minimum absolute atomic E-state index is 0.0597. The smallest absolute Gasteiger partial charge is 0.236 e. The number of carbonyl (C=O) groups is 2. The molecule has 4 rings (SSSR count). The molecule has 1 heterocycles. The second kappa shape index (κ2) is 10.5. The SMILES string of the molecule is CC(NC(=O)C1CCN(S(=O)(=O)/C=C/c2ccccc2)CC1)c1ccc(NC(=O)C2CC2)cc1. The van der Waals surface area contributed by atoms with E-state index in [0.29, 0.717) is 25.9 Å². The summed E-state index contributed by atoms with van der Waals surface area (Å²) in [7, 11) is -3.52. The van der Waals surface area contributed by atoms with Gasteiger partial charge < -0.3 is 10.6 Å². The van der Waals surface area contributed by atoms with Crippen molar-refractivity contribution in [2.45, 2.75) is 38.6 Å². The summed E-state index contributed by atoms with van der Waals surface area (Å²) in [5.74, 6) is -0.0585. The van der Waals surface area contributed by atoms with Crippen LogP contribution in [0.2, 0.25) is 0 Å². The summed E-state index contributed by atoms with van der Waals surface area (Å²) in [6, 6.07) is 16.6. The Labute approximate surface area is 201 Å². The van der Waals surface area contributed by atoms with Gasteiger partial charge in [-0.15, -0.1) is 0 Å². The second-order valence-electron chi connectivity index (χ2n) is 9.05. The third-order valence-electron chi connectivity index (χ3n) is 6.40. The largest absolute Gasteiger partial charge is 0.349 e. The Hall–Kier alpha value is -2.97. The summed E-state index contributed by atoms with van der Waals surface area (Å²) in [5.41, 5.74) is 2.53. The number of hydrogen-bond donors (Lipinski definition) is 2. The molecule has 1 saturated heterocycles. The summed E-state index contributed by atoms with van der Waals surface area (Å²) in [4.78, 5) is 24.7. The molecule has 2 fully saturated rings. The van der Waals surface area contributed by atoms with Gasteiger partial charge in [-0.1, -0.05) is 42.5 Å². The van der Waals surface area contributed by atoms with Crippen molar-refractivity contribution in [2.24, 2.45) is 11.8 Å². The van der Waals surface area contributed by atoms with E-state index in [9.17, 15) is 18.0 Å². The highest BCUT2D eigenvalue weighted by Gasteiger charge is 2.31. The van der Waals surface area contributed by atoms with E-state index in [2.05, 4.69) is 10.6 Å². The molecular weight excluding hydrogens is 450 g/mol. The van der Waals surface area contributed by atoms with E-state index in [-0.39, 0.29) is 29.7 Å². The Morgan fingerprint density at radius 1 is 0.912 bits per heavy atom. The highest BCUT2D eigenvalue weighted by molar-refractivity contribution is 7.92. The number of benzene rings is 2.